The van der Waals surface area contributed by atoms with Crippen molar-refractivity contribution in [3.63, 3.8) is 0 Å². The lowest BCUT2D eigenvalue weighted by atomic mass is 9.68. The van der Waals surface area contributed by atoms with E-state index < -0.39 is 0 Å². The fourth-order valence-electron chi connectivity index (χ4n) is 4.61. The molecule has 4 rings (SSSR count). The highest BCUT2D eigenvalue weighted by Crippen LogP contribution is 2.41. The van der Waals surface area contributed by atoms with Crippen molar-refractivity contribution in [3.05, 3.63) is 94.8 Å². The van der Waals surface area contributed by atoms with Crippen LogP contribution in [0, 0.1) is 0 Å². The Morgan fingerprint density at radius 1 is 1.06 bits per heavy atom. The first-order chi connectivity index (χ1) is 15.1. The Hall–Kier alpha value is -2.47. The van der Waals surface area contributed by atoms with E-state index >= 15 is 0 Å². The number of amides is 1. The lowest BCUT2D eigenvalue weighted by molar-refractivity contribution is 0.0565. The summed E-state index contributed by atoms with van der Waals surface area (Å²) in [7, 11) is 0. The third-order valence-corrected chi connectivity index (χ3v) is 6.66. The molecule has 5 nitrogen and oxygen atoms in total. The zero-order chi connectivity index (χ0) is 21.7. The van der Waals surface area contributed by atoms with E-state index in [1.54, 1.807) is 18.3 Å². The Bertz CT molecular complexity index is 1010. The number of hydrogen-bond acceptors (Lipinski definition) is 4. The minimum Gasteiger partial charge on any atom is -0.330 e. The van der Waals surface area contributed by atoms with Gasteiger partial charge in [0, 0.05) is 35.8 Å². The van der Waals surface area contributed by atoms with Crippen LogP contribution < -0.4 is 5.73 Å². The van der Waals surface area contributed by atoms with E-state index in [9.17, 15) is 4.79 Å². The van der Waals surface area contributed by atoms with Crippen LogP contribution in [-0.4, -0.2) is 33.6 Å². The van der Waals surface area contributed by atoms with Gasteiger partial charge in [-0.25, -0.2) is 0 Å². The predicted octanol–water partition coefficient (Wildman–Crippen LogP) is 5.03. The molecule has 32 heavy (non-hydrogen) atoms. The SMILES string of the molecule is Cl.NCC1(c2cccc(Cl)c2)CCC(N(Cc2ccccc2)C(=O)c2cccnn2)CC1. The molecule has 7 heteroatoms. The third-order valence-electron chi connectivity index (χ3n) is 6.43. The predicted molar refractivity (Wildman–Crippen MR) is 130 cm³/mol. The Balaban J connectivity index is 0.00000289. The summed E-state index contributed by atoms with van der Waals surface area (Å²) in [5.41, 5.74) is 8.84. The molecular weight excluding hydrogens is 443 g/mol. The first-order valence-corrected chi connectivity index (χ1v) is 11.1. The largest absolute Gasteiger partial charge is 0.330 e. The number of aromatic nitrogens is 2. The summed E-state index contributed by atoms with van der Waals surface area (Å²) in [6.45, 7) is 1.12. The van der Waals surface area contributed by atoms with Crippen molar-refractivity contribution in [1.82, 2.24) is 15.1 Å². The molecule has 2 aromatic carbocycles. The monoisotopic (exact) mass is 470 g/mol. The van der Waals surface area contributed by atoms with Gasteiger partial charge in [0.05, 0.1) is 0 Å². The zero-order valence-electron chi connectivity index (χ0n) is 17.9. The summed E-state index contributed by atoms with van der Waals surface area (Å²) < 4.78 is 0. The molecule has 0 bridgehead atoms. The van der Waals surface area contributed by atoms with Crippen molar-refractivity contribution in [1.29, 1.82) is 0 Å². The summed E-state index contributed by atoms with van der Waals surface area (Å²) in [6, 6.07) is 21.7. The zero-order valence-corrected chi connectivity index (χ0v) is 19.4. The van der Waals surface area contributed by atoms with E-state index in [0.717, 1.165) is 36.3 Å². The second-order valence-corrected chi connectivity index (χ2v) is 8.69. The van der Waals surface area contributed by atoms with Crippen LogP contribution in [0.3, 0.4) is 0 Å². The van der Waals surface area contributed by atoms with Crippen LogP contribution in [-0.2, 0) is 12.0 Å². The highest BCUT2D eigenvalue weighted by Gasteiger charge is 2.39. The van der Waals surface area contributed by atoms with Gasteiger partial charge in [0.25, 0.3) is 5.91 Å². The van der Waals surface area contributed by atoms with Crippen molar-refractivity contribution in [3.8, 4) is 0 Å². The number of benzene rings is 2. The van der Waals surface area contributed by atoms with Crippen LogP contribution in [0.25, 0.3) is 0 Å². The summed E-state index contributed by atoms with van der Waals surface area (Å²) in [5, 5.41) is 8.69. The van der Waals surface area contributed by atoms with E-state index in [0.29, 0.717) is 18.8 Å². The van der Waals surface area contributed by atoms with Crippen molar-refractivity contribution in [2.24, 2.45) is 5.73 Å². The minimum atomic E-state index is -0.102. The topological polar surface area (TPSA) is 72.1 Å². The lowest BCUT2D eigenvalue weighted by Gasteiger charge is -2.43. The number of carbonyl (C=O) groups excluding carboxylic acids is 1. The standard InChI is InChI=1S/C25H27ClN4O.ClH/c26-21-9-4-8-20(16-21)25(18-27)13-11-22(12-14-25)30(17-19-6-2-1-3-7-19)24(31)23-10-5-15-28-29-23;/h1-10,15-16,22H,11-14,17-18,27H2;1H. The molecule has 3 aromatic rings. The van der Waals surface area contributed by atoms with Gasteiger partial charge in [-0.2, -0.15) is 5.10 Å². The van der Waals surface area contributed by atoms with Gasteiger partial charge < -0.3 is 10.6 Å². The van der Waals surface area contributed by atoms with Crippen LogP contribution in [0.15, 0.2) is 72.9 Å². The van der Waals surface area contributed by atoms with Gasteiger partial charge >= 0.3 is 0 Å². The maximum absolute atomic E-state index is 13.4. The van der Waals surface area contributed by atoms with Crippen LogP contribution in [0.1, 0.15) is 47.3 Å². The number of nitrogens with two attached hydrogens (primary N) is 1. The lowest BCUT2D eigenvalue weighted by Crippen LogP contribution is -2.47. The third kappa shape index (κ3) is 5.29. The van der Waals surface area contributed by atoms with Crippen molar-refractivity contribution in [2.45, 2.75) is 43.7 Å². The number of rotatable bonds is 6. The van der Waals surface area contributed by atoms with Crippen molar-refractivity contribution in [2.75, 3.05) is 6.54 Å². The fraction of sp³-hybridized carbons (Fsp3) is 0.320. The molecule has 1 amide bonds. The molecule has 0 atom stereocenters. The van der Waals surface area contributed by atoms with Gasteiger partial charge in [-0.3, -0.25) is 4.79 Å². The molecule has 168 valence electrons. The Kier molecular flexibility index (Phi) is 8.24. The van der Waals surface area contributed by atoms with E-state index in [2.05, 4.69) is 28.4 Å². The molecule has 1 aromatic heterocycles. The van der Waals surface area contributed by atoms with Gasteiger partial charge in [-0.1, -0.05) is 54.1 Å². The number of carbonyl (C=O) groups is 1. The highest BCUT2D eigenvalue weighted by atomic mass is 35.5. The van der Waals surface area contributed by atoms with E-state index in [-0.39, 0.29) is 29.8 Å². The van der Waals surface area contributed by atoms with Gasteiger partial charge in [-0.05, 0) is 61.1 Å². The Morgan fingerprint density at radius 2 is 1.81 bits per heavy atom. The fourth-order valence-corrected chi connectivity index (χ4v) is 4.80. The van der Waals surface area contributed by atoms with Gasteiger partial charge in [-0.15, -0.1) is 17.5 Å². The summed E-state index contributed by atoms with van der Waals surface area (Å²) >= 11 is 6.26. The molecule has 0 aliphatic heterocycles. The van der Waals surface area contributed by atoms with Crippen LogP contribution in [0.2, 0.25) is 5.02 Å². The number of halogens is 2. The van der Waals surface area contributed by atoms with Crippen LogP contribution in [0.5, 0.6) is 0 Å². The molecule has 0 unspecified atom stereocenters. The van der Waals surface area contributed by atoms with Gasteiger partial charge in [0.2, 0.25) is 0 Å². The Morgan fingerprint density at radius 3 is 2.44 bits per heavy atom. The van der Waals surface area contributed by atoms with Gasteiger partial charge in [0.1, 0.15) is 0 Å². The molecule has 0 spiro atoms. The van der Waals surface area contributed by atoms with E-state index in [4.69, 9.17) is 17.3 Å². The second kappa shape index (κ2) is 10.9. The normalized spacial score (nSPS) is 20.2. The minimum absolute atomic E-state index is 0. The molecule has 1 heterocycles. The summed E-state index contributed by atoms with van der Waals surface area (Å²) in [5.74, 6) is -0.0787. The molecule has 1 saturated carbocycles. The smallest absolute Gasteiger partial charge is 0.274 e. The van der Waals surface area contributed by atoms with Gasteiger partial charge in [0.15, 0.2) is 5.69 Å². The first-order valence-electron chi connectivity index (χ1n) is 10.7. The molecule has 1 aliphatic rings. The Labute approximate surface area is 200 Å². The number of hydrogen-bond donors (Lipinski definition) is 1. The maximum atomic E-state index is 13.4. The summed E-state index contributed by atoms with van der Waals surface area (Å²) in [4.78, 5) is 15.3. The van der Waals surface area contributed by atoms with Crippen LogP contribution in [0.4, 0.5) is 0 Å². The second-order valence-electron chi connectivity index (χ2n) is 8.25. The van der Waals surface area contributed by atoms with Crippen LogP contribution >= 0.6 is 24.0 Å². The average molecular weight is 471 g/mol. The molecule has 0 radical (unpaired) electrons. The molecule has 1 aliphatic carbocycles. The molecule has 2 N–H and O–H groups in total. The van der Waals surface area contributed by atoms with E-state index in [1.807, 2.05) is 41.3 Å². The number of nitrogens with zero attached hydrogens (tertiary/aromatic N) is 3. The van der Waals surface area contributed by atoms with Crippen molar-refractivity contribution >= 4 is 29.9 Å². The molecular formula is C25H28Cl2N4O. The van der Waals surface area contributed by atoms with E-state index in [1.165, 1.54) is 5.56 Å². The highest BCUT2D eigenvalue weighted by molar-refractivity contribution is 6.30. The molecule has 0 saturated heterocycles. The summed E-state index contributed by atoms with van der Waals surface area (Å²) in [6.07, 6.45) is 5.16. The molecule has 1 fully saturated rings. The van der Waals surface area contributed by atoms with Crippen molar-refractivity contribution < 1.29 is 4.79 Å². The first kappa shape index (κ1) is 24.2. The maximum Gasteiger partial charge on any atom is 0.274 e. The quantitative estimate of drug-likeness (QED) is 0.547. The average Bonchev–Trinajstić information content (AvgIpc) is 2.83.